The van der Waals surface area contributed by atoms with Crippen molar-refractivity contribution in [2.24, 2.45) is 5.73 Å². The lowest BCUT2D eigenvalue weighted by Gasteiger charge is -2.27. The Morgan fingerprint density at radius 2 is 1.94 bits per heavy atom. The second-order valence-electron chi connectivity index (χ2n) is 5.13. The van der Waals surface area contributed by atoms with E-state index in [4.69, 9.17) is 10.5 Å². The van der Waals surface area contributed by atoms with Crippen LogP contribution in [-0.4, -0.2) is 24.8 Å². The van der Waals surface area contributed by atoms with E-state index in [1.54, 1.807) is 0 Å². The molecule has 1 rings (SSSR count). The molecule has 0 bridgehead atoms. The van der Waals surface area contributed by atoms with E-state index >= 15 is 0 Å². The van der Waals surface area contributed by atoms with Gasteiger partial charge in [-0.25, -0.2) is 4.79 Å². The molecule has 0 aromatic rings. The van der Waals surface area contributed by atoms with Gasteiger partial charge in [0.2, 0.25) is 0 Å². The second-order valence-corrected chi connectivity index (χ2v) is 5.13. The van der Waals surface area contributed by atoms with Gasteiger partial charge < -0.3 is 15.8 Å². The Morgan fingerprint density at radius 3 is 2.53 bits per heavy atom. The molecule has 1 fully saturated rings. The normalized spacial score (nSPS) is 19.4. The van der Waals surface area contributed by atoms with Crippen LogP contribution in [-0.2, 0) is 4.74 Å². The van der Waals surface area contributed by atoms with Gasteiger partial charge in [-0.15, -0.1) is 0 Å². The molecule has 0 aromatic heterocycles. The van der Waals surface area contributed by atoms with Gasteiger partial charge in [-0.05, 0) is 19.3 Å². The maximum absolute atomic E-state index is 11.4. The summed E-state index contributed by atoms with van der Waals surface area (Å²) >= 11 is 0. The lowest BCUT2D eigenvalue weighted by atomic mass is 9.93. The number of nitrogens with two attached hydrogens (primary N) is 1. The summed E-state index contributed by atoms with van der Waals surface area (Å²) in [5.74, 6) is 0. The third-order valence-corrected chi connectivity index (χ3v) is 3.39. The van der Waals surface area contributed by atoms with Crippen LogP contribution in [0, 0.1) is 0 Å². The Bertz CT molecular complexity index is 223. The predicted octanol–water partition coefficient (Wildman–Crippen LogP) is 2.56. The summed E-state index contributed by atoms with van der Waals surface area (Å²) in [5.41, 5.74) is 5.96. The van der Waals surface area contributed by atoms with Crippen LogP contribution in [0.4, 0.5) is 4.79 Å². The summed E-state index contributed by atoms with van der Waals surface area (Å²) in [4.78, 5) is 11.4. The van der Waals surface area contributed by atoms with E-state index < -0.39 is 0 Å². The number of amides is 1. The minimum Gasteiger partial charge on any atom is -0.448 e. The van der Waals surface area contributed by atoms with Crippen LogP contribution >= 0.6 is 0 Å². The first-order chi connectivity index (χ1) is 8.16. The van der Waals surface area contributed by atoms with E-state index in [0.717, 1.165) is 38.5 Å². The fraction of sp³-hybridized carbons (Fsp3) is 0.923. The minimum atomic E-state index is -0.326. The Morgan fingerprint density at radius 1 is 1.29 bits per heavy atom. The van der Waals surface area contributed by atoms with Gasteiger partial charge in [0.05, 0.1) is 5.54 Å². The van der Waals surface area contributed by atoms with Crippen LogP contribution in [0.1, 0.15) is 58.3 Å². The molecule has 0 radical (unpaired) electrons. The number of ether oxygens (including phenoxy) is 1. The van der Waals surface area contributed by atoms with Crippen molar-refractivity contribution in [3.63, 3.8) is 0 Å². The van der Waals surface area contributed by atoms with Crippen molar-refractivity contribution >= 4 is 6.09 Å². The van der Waals surface area contributed by atoms with Gasteiger partial charge in [-0.2, -0.15) is 0 Å². The number of alkyl carbamates (subject to hydrolysis) is 1. The summed E-state index contributed by atoms with van der Waals surface area (Å²) < 4.78 is 5.21. The third-order valence-electron chi connectivity index (χ3n) is 3.39. The molecule has 4 nitrogen and oxygen atoms in total. The highest BCUT2D eigenvalue weighted by atomic mass is 16.5. The van der Waals surface area contributed by atoms with Crippen molar-refractivity contribution in [1.82, 2.24) is 5.32 Å². The monoisotopic (exact) mass is 242 g/mol. The summed E-state index contributed by atoms with van der Waals surface area (Å²) in [5, 5.41) is 2.74. The van der Waals surface area contributed by atoms with Crippen molar-refractivity contribution in [3.05, 3.63) is 0 Å². The smallest absolute Gasteiger partial charge is 0.407 e. The van der Waals surface area contributed by atoms with Crippen LogP contribution < -0.4 is 11.1 Å². The zero-order valence-electron chi connectivity index (χ0n) is 11.0. The Kier molecular flexibility index (Phi) is 6.34. The molecule has 1 saturated carbocycles. The Balaban J connectivity index is 2.20. The summed E-state index contributed by atoms with van der Waals surface area (Å²) in [6, 6.07) is 0. The number of hydrogen-bond acceptors (Lipinski definition) is 3. The van der Waals surface area contributed by atoms with Gasteiger partial charge in [0, 0.05) is 6.54 Å². The van der Waals surface area contributed by atoms with Crippen molar-refractivity contribution in [2.45, 2.75) is 63.8 Å². The molecule has 100 valence electrons. The summed E-state index contributed by atoms with van der Waals surface area (Å²) in [7, 11) is 0. The van der Waals surface area contributed by atoms with Gasteiger partial charge in [0.25, 0.3) is 0 Å². The maximum atomic E-state index is 11.4. The molecule has 0 spiro atoms. The lowest BCUT2D eigenvalue weighted by Crippen LogP contribution is -2.45. The molecule has 17 heavy (non-hydrogen) atoms. The number of rotatable bonds is 5. The summed E-state index contributed by atoms with van der Waals surface area (Å²) in [6.07, 6.45) is 8.47. The van der Waals surface area contributed by atoms with Gasteiger partial charge in [0.15, 0.2) is 0 Å². The van der Waals surface area contributed by atoms with Crippen LogP contribution in [0.2, 0.25) is 0 Å². The standard InChI is InChI=1S/C13H26N2O2/c1-2-3-10-15-12(16)17-11-13(14)8-6-4-5-7-9-13/h2-11,14H2,1H3,(H,15,16). The first kappa shape index (κ1) is 14.3. The third kappa shape index (κ3) is 5.91. The number of carbonyl (C=O) groups is 1. The molecule has 0 unspecified atom stereocenters. The molecular weight excluding hydrogens is 216 g/mol. The van der Waals surface area contributed by atoms with Crippen molar-refractivity contribution in [2.75, 3.05) is 13.2 Å². The van der Waals surface area contributed by atoms with E-state index in [2.05, 4.69) is 12.2 Å². The van der Waals surface area contributed by atoms with E-state index in [-0.39, 0.29) is 11.6 Å². The van der Waals surface area contributed by atoms with Crippen molar-refractivity contribution in [3.8, 4) is 0 Å². The van der Waals surface area contributed by atoms with E-state index in [1.807, 2.05) is 0 Å². The second kappa shape index (κ2) is 7.54. The average Bonchev–Trinajstić information content (AvgIpc) is 2.53. The van der Waals surface area contributed by atoms with Gasteiger partial charge in [-0.3, -0.25) is 0 Å². The SMILES string of the molecule is CCCCNC(=O)OCC1(N)CCCCCC1. The molecule has 0 aromatic carbocycles. The first-order valence-corrected chi connectivity index (χ1v) is 6.86. The molecule has 1 aliphatic carbocycles. The van der Waals surface area contributed by atoms with E-state index in [9.17, 15) is 4.79 Å². The highest BCUT2D eigenvalue weighted by Crippen LogP contribution is 2.25. The van der Waals surface area contributed by atoms with Crippen LogP contribution in [0.3, 0.4) is 0 Å². The zero-order valence-corrected chi connectivity index (χ0v) is 11.0. The fourth-order valence-corrected chi connectivity index (χ4v) is 2.20. The fourth-order valence-electron chi connectivity index (χ4n) is 2.20. The van der Waals surface area contributed by atoms with E-state index in [1.165, 1.54) is 12.8 Å². The molecule has 4 heteroatoms. The molecular formula is C13H26N2O2. The van der Waals surface area contributed by atoms with Crippen molar-refractivity contribution in [1.29, 1.82) is 0 Å². The molecule has 0 saturated heterocycles. The number of hydrogen-bond donors (Lipinski definition) is 2. The van der Waals surface area contributed by atoms with Gasteiger partial charge in [0.1, 0.15) is 6.61 Å². The summed E-state index contributed by atoms with van der Waals surface area (Å²) in [6.45, 7) is 3.13. The first-order valence-electron chi connectivity index (χ1n) is 6.86. The molecule has 1 aliphatic rings. The number of carbonyl (C=O) groups excluding carboxylic acids is 1. The molecule has 3 N–H and O–H groups in total. The topological polar surface area (TPSA) is 64.3 Å². The Hall–Kier alpha value is -0.770. The highest BCUT2D eigenvalue weighted by Gasteiger charge is 2.27. The minimum absolute atomic E-state index is 0.293. The molecule has 0 atom stereocenters. The number of nitrogens with one attached hydrogen (secondary N) is 1. The zero-order chi connectivity index (χ0) is 12.6. The van der Waals surface area contributed by atoms with Crippen LogP contribution in [0.25, 0.3) is 0 Å². The van der Waals surface area contributed by atoms with Crippen LogP contribution in [0.5, 0.6) is 0 Å². The molecule has 1 amide bonds. The van der Waals surface area contributed by atoms with Gasteiger partial charge >= 0.3 is 6.09 Å². The molecule has 0 aliphatic heterocycles. The Labute approximate surface area is 104 Å². The quantitative estimate of drug-likeness (QED) is 0.575. The lowest BCUT2D eigenvalue weighted by molar-refractivity contribution is 0.110. The predicted molar refractivity (Wildman–Crippen MR) is 68.9 cm³/mol. The van der Waals surface area contributed by atoms with E-state index in [0.29, 0.717) is 13.2 Å². The molecule has 0 heterocycles. The number of unbranched alkanes of at least 4 members (excludes halogenated alkanes) is 1. The van der Waals surface area contributed by atoms with Crippen molar-refractivity contribution < 1.29 is 9.53 Å². The average molecular weight is 242 g/mol. The highest BCUT2D eigenvalue weighted by molar-refractivity contribution is 5.67. The maximum Gasteiger partial charge on any atom is 0.407 e. The largest absolute Gasteiger partial charge is 0.448 e. The van der Waals surface area contributed by atoms with Crippen LogP contribution in [0.15, 0.2) is 0 Å². The van der Waals surface area contributed by atoms with Gasteiger partial charge in [-0.1, -0.05) is 39.0 Å².